The molecule has 4 rings (SSSR count). The molecule has 0 radical (unpaired) electrons. The molecule has 3 aromatic carbocycles. The molecule has 0 bridgehead atoms. The van der Waals surface area contributed by atoms with Crippen LogP contribution in [0, 0.1) is 17.7 Å². The fraction of sp³-hybridized carbons (Fsp3) is 0.343. The SMILES string of the molecule is O=C1N[C@H](Cc2ccccc2)COC(=O)[C@H](Cc2ccc(F)cc2)C/C=C\C[C@H]1CC(=O)N(CCO)Cc1ccccc1. The lowest BCUT2D eigenvalue weighted by atomic mass is 9.93. The maximum atomic E-state index is 13.6. The van der Waals surface area contributed by atoms with Crippen molar-refractivity contribution in [2.24, 2.45) is 11.8 Å². The number of hydrogen-bond donors (Lipinski definition) is 2. The minimum absolute atomic E-state index is 0.0194. The van der Waals surface area contributed by atoms with Crippen molar-refractivity contribution in [1.82, 2.24) is 10.2 Å². The molecule has 1 aliphatic heterocycles. The Hall–Kier alpha value is -4.30. The fourth-order valence-electron chi connectivity index (χ4n) is 5.20. The van der Waals surface area contributed by atoms with Crippen LogP contribution in [-0.2, 0) is 38.5 Å². The minimum atomic E-state index is -0.648. The van der Waals surface area contributed by atoms with Gasteiger partial charge in [-0.25, -0.2) is 4.39 Å². The average molecular weight is 587 g/mol. The summed E-state index contributed by atoms with van der Waals surface area (Å²) in [6.45, 7) is 0.293. The van der Waals surface area contributed by atoms with Crippen LogP contribution in [0.3, 0.4) is 0 Å². The van der Waals surface area contributed by atoms with E-state index in [9.17, 15) is 23.9 Å². The van der Waals surface area contributed by atoms with Gasteiger partial charge in [0, 0.05) is 19.5 Å². The lowest BCUT2D eigenvalue weighted by molar-refractivity contribution is -0.150. The molecular formula is C35H39FN2O5. The number of cyclic esters (lactones) is 1. The standard InChI is InChI=1S/C35H39FN2O5/c36-31-17-15-27(16-18-31)21-30-14-8-7-13-29(23-33(40)38(19-20-39)24-28-11-5-2-6-12-28)34(41)37-32(25-43-35(30)42)22-26-9-3-1-4-10-26/h1-12,15-18,29-30,32,39H,13-14,19-25H2,(H,37,41)/b8-7-/t29-,30-,32+/m0/s1. The zero-order chi connectivity index (χ0) is 30.4. The van der Waals surface area contributed by atoms with E-state index in [4.69, 9.17) is 4.74 Å². The van der Waals surface area contributed by atoms with Gasteiger partial charge in [-0.15, -0.1) is 0 Å². The first-order valence-corrected chi connectivity index (χ1v) is 14.7. The van der Waals surface area contributed by atoms with Crippen molar-refractivity contribution in [3.63, 3.8) is 0 Å². The molecule has 3 atom stereocenters. The predicted molar refractivity (Wildman–Crippen MR) is 162 cm³/mol. The van der Waals surface area contributed by atoms with Gasteiger partial charge in [0.05, 0.1) is 24.5 Å². The number of aliphatic hydroxyl groups is 1. The number of halogens is 1. The molecule has 43 heavy (non-hydrogen) atoms. The zero-order valence-corrected chi connectivity index (χ0v) is 24.2. The summed E-state index contributed by atoms with van der Waals surface area (Å²) in [7, 11) is 0. The molecule has 0 spiro atoms. The van der Waals surface area contributed by atoms with Crippen molar-refractivity contribution >= 4 is 17.8 Å². The molecule has 226 valence electrons. The number of esters is 1. The molecule has 8 heteroatoms. The number of ether oxygens (including phenoxy) is 1. The van der Waals surface area contributed by atoms with Crippen molar-refractivity contribution in [3.8, 4) is 0 Å². The van der Waals surface area contributed by atoms with Gasteiger partial charge < -0.3 is 20.1 Å². The van der Waals surface area contributed by atoms with E-state index in [0.29, 0.717) is 32.2 Å². The first kappa shape index (κ1) is 31.6. The third kappa shape index (κ3) is 10.2. The number of aliphatic hydroxyl groups excluding tert-OH is 1. The Morgan fingerprint density at radius 2 is 1.44 bits per heavy atom. The molecule has 3 aromatic rings. The second-order valence-electron chi connectivity index (χ2n) is 10.9. The lowest BCUT2D eigenvalue weighted by Gasteiger charge is -2.26. The third-order valence-electron chi connectivity index (χ3n) is 7.57. The molecule has 0 saturated carbocycles. The summed E-state index contributed by atoms with van der Waals surface area (Å²) in [4.78, 5) is 41.8. The first-order valence-electron chi connectivity index (χ1n) is 14.7. The number of rotatable bonds is 10. The number of nitrogens with one attached hydrogen (secondary N) is 1. The van der Waals surface area contributed by atoms with Gasteiger partial charge in [-0.3, -0.25) is 14.4 Å². The van der Waals surface area contributed by atoms with Gasteiger partial charge in [-0.1, -0.05) is 84.9 Å². The van der Waals surface area contributed by atoms with E-state index in [0.717, 1.165) is 16.7 Å². The van der Waals surface area contributed by atoms with Crippen molar-refractivity contribution in [2.45, 2.75) is 44.7 Å². The molecule has 2 N–H and O–H groups in total. The summed E-state index contributed by atoms with van der Waals surface area (Å²) in [5.41, 5.74) is 2.73. The Labute approximate surface area is 252 Å². The quantitative estimate of drug-likeness (QED) is 0.267. The average Bonchev–Trinajstić information content (AvgIpc) is 3.01. The van der Waals surface area contributed by atoms with Crippen LogP contribution < -0.4 is 5.32 Å². The molecule has 0 unspecified atom stereocenters. The highest BCUT2D eigenvalue weighted by Gasteiger charge is 2.28. The van der Waals surface area contributed by atoms with Crippen molar-refractivity contribution in [1.29, 1.82) is 0 Å². The van der Waals surface area contributed by atoms with Gasteiger partial charge in [-0.2, -0.15) is 0 Å². The highest BCUT2D eigenvalue weighted by atomic mass is 19.1. The molecule has 1 heterocycles. The molecule has 0 saturated heterocycles. The number of carbonyl (C=O) groups is 3. The van der Waals surface area contributed by atoms with Gasteiger partial charge in [0.15, 0.2) is 0 Å². The van der Waals surface area contributed by atoms with Crippen LogP contribution in [-0.4, -0.2) is 53.6 Å². The van der Waals surface area contributed by atoms with Crippen LogP contribution in [0.2, 0.25) is 0 Å². The predicted octanol–water partition coefficient (Wildman–Crippen LogP) is 4.63. The summed E-state index contributed by atoms with van der Waals surface area (Å²) in [6.07, 6.45) is 5.18. The van der Waals surface area contributed by atoms with E-state index in [-0.39, 0.29) is 49.8 Å². The van der Waals surface area contributed by atoms with Gasteiger partial charge in [-0.05, 0) is 54.5 Å². The Balaban J connectivity index is 1.53. The second kappa shape index (κ2) is 16.4. The van der Waals surface area contributed by atoms with Crippen LogP contribution in [0.1, 0.15) is 36.0 Å². The number of hydrogen-bond acceptors (Lipinski definition) is 5. The number of amides is 2. The van der Waals surface area contributed by atoms with Gasteiger partial charge in [0.25, 0.3) is 0 Å². The van der Waals surface area contributed by atoms with Gasteiger partial charge in [0.2, 0.25) is 11.8 Å². The summed E-state index contributed by atoms with van der Waals surface area (Å²) in [6, 6.07) is 24.7. The molecule has 0 aliphatic carbocycles. The Morgan fingerprint density at radius 3 is 2.09 bits per heavy atom. The van der Waals surface area contributed by atoms with Gasteiger partial charge in [0.1, 0.15) is 12.4 Å². The number of carbonyl (C=O) groups excluding carboxylic acids is 3. The second-order valence-corrected chi connectivity index (χ2v) is 10.9. The Bertz CT molecular complexity index is 1350. The molecule has 2 amide bonds. The van der Waals surface area contributed by atoms with Crippen LogP contribution in [0.5, 0.6) is 0 Å². The summed E-state index contributed by atoms with van der Waals surface area (Å²) in [5.74, 6) is -2.37. The van der Waals surface area contributed by atoms with E-state index >= 15 is 0 Å². The van der Waals surface area contributed by atoms with Crippen molar-refractivity contribution in [2.75, 3.05) is 19.8 Å². The Kier molecular flexibility index (Phi) is 12.0. The Morgan fingerprint density at radius 1 is 0.837 bits per heavy atom. The number of allylic oxidation sites excluding steroid dienone is 2. The molecule has 0 aromatic heterocycles. The maximum absolute atomic E-state index is 13.6. The van der Waals surface area contributed by atoms with Gasteiger partial charge >= 0.3 is 5.97 Å². The van der Waals surface area contributed by atoms with Crippen LogP contribution in [0.25, 0.3) is 0 Å². The van der Waals surface area contributed by atoms with E-state index in [1.165, 1.54) is 12.1 Å². The normalized spacial score (nSPS) is 20.2. The van der Waals surface area contributed by atoms with E-state index in [1.54, 1.807) is 17.0 Å². The van der Waals surface area contributed by atoms with E-state index in [2.05, 4.69) is 5.32 Å². The lowest BCUT2D eigenvalue weighted by Crippen LogP contribution is -2.45. The molecule has 1 aliphatic rings. The number of benzene rings is 3. The smallest absolute Gasteiger partial charge is 0.309 e. The van der Waals surface area contributed by atoms with Crippen molar-refractivity contribution < 1.29 is 28.6 Å². The highest BCUT2D eigenvalue weighted by molar-refractivity contribution is 5.86. The van der Waals surface area contributed by atoms with Crippen LogP contribution >= 0.6 is 0 Å². The maximum Gasteiger partial charge on any atom is 0.309 e. The fourth-order valence-corrected chi connectivity index (χ4v) is 5.20. The summed E-state index contributed by atoms with van der Waals surface area (Å²) >= 11 is 0. The molecule has 7 nitrogen and oxygen atoms in total. The zero-order valence-electron chi connectivity index (χ0n) is 24.2. The third-order valence-corrected chi connectivity index (χ3v) is 7.57. The summed E-state index contributed by atoms with van der Waals surface area (Å²) in [5, 5.41) is 12.7. The number of nitrogens with zero attached hydrogens (tertiary/aromatic N) is 1. The van der Waals surface area contributed by atoms with Crippen molar-refractivity contribution in [3.05, 3.63) is 120 Å². The molecule has 0 fully saturated rings. The highest BCUT2D eigenvalue weighted by Crippen LogP contribution is 2.20. The van der Waals surface area contributed by atoms with Crippen LogP contribution in [0.15, 0.2) is 97.1 Å². The largest absolute Gasteiger partial charge is 0.463 e. The summed E-state index contributed by atoms with van der Waals surface area (Å²) < 4.78 is 19.2. The topological polar surface area (TPSA) is 95.9 Å². The molecular weight excluding hydrogens is 547 g/mol. The first-order chi connectivity index (χ1) is 20.9. The monoisotopic (exact) mass is 586 g/mol. The van der Waals surface area contributed by atoms with Crippen LogP contribution in [0.4, 0.5) is 4.39 Å². The minimum Gasteiger partial charge on any atom is -0.463 e. The van der Waals surface area contributed by atoms with E-state index < -0.39 is 17.9 Å². The van der Waals surface area contributed by atoms with E-state index in [1.807, 2.05) is 72.8 Å².